The van der Waals surface area contributed by atoms with Gasteiger partial charge < -0.3 is 10.1 Å². The molecule has 1 N–H and O–H groups in total. The molecule has 0 aliphatic carbocycles. The second-order valence-corrected chi connectivity index (χ2v) is 13.6. The predicted molar refractivity (Wildman–Crippen MR) is 147 cm³/mol. The van der Waals surface area contributed by atoms with Crippen molar-refractivity contribution in [3.8, 4) is 5.75 Å². The summed E-state index contributed by atoms with van der Waals surface area (Å²) in [6, 6.07) is 15.3. The van der Waals surface area contributed by atoms with Crippen molar-refractivity contribution in [1.82, 2.24) is 8.61 Å². The molecule has 9 nitrogen and oxygen atoms in total. The number of rotatable bonds is 7. The molecular formula is C28H30FN3O6S2. The molecule has 3 aromatic carbocycles. The second-order valence-electron chi connectivity index (χ2n) is 9.79. The van der Waals surface area contributed by atoms with Gasteiger partial charge in [0.1, 0.15) is 27.4 Å². The highest BCUT2D eigenvalue weighted by molar-refractivity contribution is 7.89. The van der Waals surface area contributed by atoms with Crippen molar-refractivity contribution in [1.29, 1.82) is 0 Å². The van der Waals surface area contributed by atoms with Gasteiger partial charge in [-0.15, -0.1) is 0 Å². The van der Waals surface area contributed by atoms with Crippen LogP contribution in [0.15, 0.2) is 76.5 Å². The van der Waals surface area contributed by atoms with Gasteiger partial charge in [-0.3, -0.25) is 4.79 Å². The van der Waals surface area contributed by atoms with E-state index in [-0.39, 0.29) is 29.3 Å². The van der Waals surface area contributed by atoms with E-state index in [9.17, 15) is 26.0 Å². The zero-order valence-corrected chi connectivity index (χ0v) is 23.5. The Balaban J connectivity index is 1.49. The number of benzene rings is 3. The topological polar surface area (TPSA) is 113 Å². The number of methoxy groups -OCH3 is 1. The highest BCUT2D eigenvalue weighted by Crippen LogP contribution is 2.33. The van der Waals surface area contributed by atoms with Crippen LogP contribution in [0.5, 0.6) is 5.75 Å². The first-order chi connectivity index (χ1) is 19.1. The monoisotopic (exact) mass is 587 g/mol. The minimum atomic E-state index is -4.40. The van der Waals surface area contributed by atoms with Gasteiger partial charge in [0, 0.05) is 25.3 Å². The number of halogens is 1. The maximum absolute atomic E-state index is 14.6. The quantitative estimate of drug-likeness (QED) is 0.451. The zero-order chi connectivity index (χ0) is 28.5. The highest BCUT2D eigenvalue weighted by atomic mass is 32.2. The first-order valence-corrected chi connectivity index (χ1v) is 15.8. The Labute approximate surface area is 233 Å². The average Bonchev–Trinajstić information content (AvgIpc) is 2.97. The first kappa shape index (κ1) is 28.2. The van der Waals surface area contributed by atoms with E-state index in [2.05, 4.69) is 5.32 Å². The normalized spacial score (nSPS) is 18.6. The van der Waals surface area contributed by atoms with Crippen molar-refractivity contribution < 1.29 is 30.8 Å². The van der Waals surface area contributed by atoms with E-state index in [4.69, 9.17) is 4.74 Å². The molecular weight excluding hydrogens is 557 g/mol. The third-order valence-electron chi connectivity index (χ3n) is 7.30. The smallest absolute Gasteiger partial charge is 0.247 e. The van der Waals surface area contributed by atoms with E-state index in [0.29, 0.717) is 18.7 Å². The maximum Gasteiger partial charge on any atom is 0.247 e. The molecule has 12 heteroatoms. The molecule has 1 fully saturated rings. The maximum atomic E-state index is 14.6. The highest BCUT2D eigenvalue weighted by Gasteiger charge is 2.41. The molecule has 0 radical (unpaired) electrons. The molecule has 2 aliphatic heterocycles. The lowest BCUT2D eigenvalue weighted by atomic mass is 9.95. The fourth-order valence-electron chi connectivity index (χ4n) is 5.18. The molecule has 3 aromatic rings. The van der Waals surface area contributed by atoms with Gasteiger partial charge in [-0.25, -0.2) is 21.2 Å². The third-order valence-corrected chi connectivity index (χ3v) is 11.1. The van der Waals surface area contributed by atoms with Crippen LogP contribution in [-0.2, 0) is 37.8 Å². The summed E-state index contributed by atoms with van der Waals surface area (Å²) in [7, 11) is -6.93. The summed E-state index contributed by atoms with van der Waals surface area (Å²) in [5.41, 5.74) is 1.68. The molecule has 40 heavy (non-hydrogen) atoms. The predicted octanol–water partition coefficient (Wildman–Crippen LogP) is 3.76. The Morgan fingerprint density at radius 2 is 1.55 bits per heavy atom. The van der Waals surface area contributed by atoms with E-state index < -0.39 is 42.7 Å². The SMILES string of the molecule is COc1ccc(NC(=O)C2Cc3ccccc3CN2S(=O)(=O)c2ccccc2F)cc1S(=O)(=O)N1CCCCC1. The van der Waals surface area contributed by atoms with Gasteiger partial charge in [0.15, 0.2) is 0 Å². The molecule has 0 aromatic heterocycles. The Kier molecular flexibility index (Phi) is 7.96. The Hall–Kier alpha value is -3.32. The summed E-state index contributed by atoms with van der Waals surface area (Å²) < 4.78 is 76.5. The van der Waals surface area contributed by atoms with Crippen molar-refractivity contribution in [2.75, 3.05) is 25.5 Å². The largest absolute Gasteiger partial charge is 0.495 e. The average molecular weight is 588 g/mol. The number of nitrogens with zero attached hydrogens (tertiary/aromatic N) is 2. The number of nitrogens with one attached hydrogen (secondary N) is 1. The summed E-state index contributed by atoms with van der Waals surface area (Å²) in [6.07, 6.45) is 2.53. The van der Waals surface area contributed by atoms with Gasteiger partial charge in [0.25, 0.3) is 0 Å². The summed E-state index contributed by atoms with van der Waals surface area (Å²) in [6.45, 7) is 0.668. The number of anilines is 1. The zero-order valence-electron chi connectivity index (χ0n) is 21.9. The summed E-state index contributed by atoms with van der Waals surface area (Å²) >= 11 is 0. The van der Waals surface area contributed by atoms with Crippen molar-refractivity contribution in [2.24, 2.45) is 0 Å². The molecule has 1 unspecified atom stereocenters. The van der Waals surface area contributed by atoms with E-state index in [1.165, 1.54) is 47.8 Å². The van der Waals surface area contributed by atoms with Crippen LogP contribution in [0.4, 0.5) is 10.1 Å². The summed E-state index contributed by atoms with van der Waals surface area (Å²) in [5, 5.41) is 2.70. The number of amides is 1. The summed E-state index contributed by atoms with van der Waals surface area (Å²) in [4.78, 5) is 13.1. The second kappa shape index (κ2) is 11.3. The molecule has 2 heterocycles. The van der Waals surface area contributed by atoms with Crippen molar-refractivity contribution in [3.63, 3.8) is 0 Å². The molecule has 5 rings (SSSR count). The standard InChI is InChI=1S/C28H30FN3O6S2/c1-38-25-14-13-22(18-27(25)39(34,35)31-15-7-2-8-16-31)30-28(33)24-17-20-9-3-4-10-21(20)19-32(24)40(36,37)26-12-6-5-11-23(26)29/h3-6,9-14,18,24H,2,7-8,15-17,19H2,1H3,(H,30,33). The molecule has 0 bridgehead atoms. The number of fused-ring (bicyclic) bond motifs is 1. The minimum Gasteiger partial charge on any atom is -0.495 e. The van der Waals surface area contributed by atoms with Crippen molar-refractivity contribution in [3.05, 3.63) is 83.7 Å². The number of carbonyl (C=O) groups is 1. The van der Waals surface area contributed by atoms with Gasteiger partial charge in [-0.1, -0.05) is 42.8 Å². The van der Waals surface area contributed by atoms with Gasteiger partial charge in [0.05, 0.1) is 7.11 Å². The number of ether oxygens (including phenoxy) is 1. The fourth-order valence-corrected chi connectivity index (χ4v) is 8.51. The minimum absolute atomic E-state index is 0.0603. The lowest BCUT2D eigenvalue weighted by Gasteiger charge is -2.35. The molecule has 0 saturated carbocycles. The Bertz CT molecular complexity index is 1640. The van der Waals surface area contributed by atoms with Crippen LogP contribution < -0.4 is 10.1 Å². The molecule has 2 aliphatic rings. The molecule has 0 spiro atoms. The van der Waals surface area contributed by atoms with Crippen molar-refractivity contribution in [2.45, 2.75) is 48.1 Å². The van der Waals surface area contributed by atoms with Crippen LogP contribution in [0.25, 0.3) is 0 Å². The number of hydrogen-bond donors (Lipinski definition) is 1. The van der Waals surface area contributed by atoms with Crippen molar-refractivity contribution >= 4 is 31.6 Å². The van der Waals surface area contributed by atoms with E-state index in [0.717, 1.165) is 35.2 Å². The van der Waals surface area contributed by atoms with E-state index in [1.807, 2.05) is 6.07 Å². The van der Waals surface area contributed by atoms with Gasteiger partial charge in [0.2, 0.25) is 26.0 Å². The number of sulfonamides is 2. The third kappa shape index (κ3) is 5.36. The number of hydrogen-bond acceptors (Lipinski definition) is 6. The van der Waals surface area contributed by atoms with Gasteiger partial charge in [-0.2, -0.15) is 8.61 Å². The number of carbonyl (C=O) groups excluding carboxylic acids is 1. The van der Waals surface area contributed by atoms with Crippen LogP contribution in [-0.4, -0.2) is 57.6 Å². The fraction of sp³-hybridized carbons (Fsp3) is 0.321. The van der Waals surface area contributed by atoms with Gasteiger partial charge in [-0.05, 0) is 60.7 Å². The molecule has 1 saturated heterocycles. The molecule has 1 amide bonds. The van der Waals surface area contributed by atoms with Crippen LogP contribution in [0.3, 0.4) is 0 Å². The van der Waals surface area contributed by atoms with Crippen LogP contribution in [0, 0.1) is 5.82 Å². The molecule has 212 valence electrons. The Morgan fingerprint density at radius 3 is 2.25 bits per heavy atom. The first-order valence-electron chi connectivity index (χ1n) is 12.9. The van der Waals surface area contributed by atoms with Crippen LogP contribution in [0.1, 0.15) is 30.4 Å². The summed E-state index contributed by atoms with van der Waals surface area (Å²) in [5.74, 6) is -1.44. The van der Waals surface area contributed by atoms with Crippen LogP contribution >= 0.6 is 0 Å². The lowest BCUT2D eigenvalue weighted by Crippen LogP contribution is -2.50. The van der Waals surface area contributed by atoms with Gasteiger partial charge >= 0.3 is 0 Å². The molecule has 1 atom stereocenters. The number of piperidine rings is 1. The van der Waals surface area contributed by atoms with E-state index in [1.54, 1.807) is 18.2 Å². The van der Waals surface area contributed by atoms with Crippen LogP contribution in [0.2, 0.25) is 0 Å². The Morgan fingerprint density at radius 1 is 0.875 bits per heavy atom. The van der Waals surface area contributed by atoms with E-state index >= 15 is 0 Å². The lowest BCUT2D eigenvalue weighted by molar-refractivity contribution is -0.120.